The van der Waals surface area contributed by atoms with E-state index in [9.17, 15) is 0 Å². The SMILES string of the molecule is CC(C)=C(OC(C)(C)C(C)O[SiH3])O[Si](C)(C)C. The molecule has 0 aliphatic heterocycles. The zero-order valence-corrected chi connectivity index (χ0v) is 15.8. The largest absolute Gasteiger partial charge is 0.520 e. The average molecular weight is 277 g/mol. The Labute approximate surface area is 110 Å². The number of ether oxygens (including phenoxy) is 1. The molecule has 0 fully saturated rings. The molecule has 0 aliphatic rings. The standard InChI is InChI=1S/C12H28O3Si2/c1-9(2)11(15-17(6,7)8)13-12(4,5)10(3)14-16/h10H,1-8,16H3. The van der Waals surface area contributed by atoms with Crippen molar-refractivity contribution in [3.63, 3.8) is 0 Å². The summed E-state index contributed by atoms with van der Waals surface area (Å²) in [7, 11) is -0.928. The molecule has 0 aromatic carbocycles. The first kappa shape index (κ1) is 16.7. The van der Waals surface area contributed by atoms with E-state index >= 15 is 0 Å². The highest BCUT2D eigenvalue weighted by atomic mass is 28.4. The summed E-state index contributed by atoms with van der Waals surface area (Å²) in [5.41, 5.74) is 0.703. The van der Waals surface area contributed by atoms with Gasteiger partial charge in [0.25, 0.3) is 5.95 Å². The van der Waals surface area contributed by atoms with E-state index in [1.165, 1.54) is 0 Å². The average Bonchev–Trinajstić information content (AvgIpc) is 2.12. The molecule has 5 heteroatoms. The molecule has 1 atom stereocenters. The van der Waals surface area contributed by atoms with Gasteiger partial charge in [-0.1, -0.05) is 0 Å². The van der Waals surface area contributed by atoms with Gasteiger partial charge in [0.1, 0.15) is 16.1 Å². The van der Waals surface area contributed by atoms with E-state index in [1.54, 1.807) is 0 Å². The minimum Gasteiger partial charge on any atom is -0.520 e. The molecule has 0 aliphatic carbocycles. The third kappa shape index (κ3) is 6.28. The first-order valence-corrected chi connectivity index (χ1v) is 10.3. The van der Waals surface area contributed by atoms with Gasteiger partial charge in [-0.05, 0) is 54.3 Å². The summed E-state index contributed by atoms with van der Waals surface area (Å²) in [6.45, 7) is 16.6. The van der Waals surface area contributed by atoms with Gasteiger partial charge in [-0.25, -0.2) is 0 Å². The highest BCUT2D eigenvalue weighted by Crippen LogP contribution is 2.25. The van der Waals surface area contributed by atoms with Gasteiger partial charge in [0.15, 0.2) is 0 Å². The zero-order chi connectivity index (χ0) is 13.9. The van der Waals surface area contributed by atoms with Crippen molar-refractivity contribution in [2.24, 2.45) is 0 Å². The summed E-state index contributed by atoms with van der Waals surface area (Å²) < 4.78 is 17.5. The van der Waals surface area contributed by atoms with Crippen LogP contribution in [0.5, 0.6) is 0 Å². The Hall–Kier alpha value is -0.266. The van der Waals surface area contributed by atoms with Crippen LogP contribution >= 0.6 is 0 Å². The van der Waals surface area contributed by atoms with Crippen molar-refractivity contribution < 1.29 is 13.6 Å². The number of allylic oxidation sites excluding steroid dienone is 1. The highest BCUT2D eigenvalue weighted by molar-refractivity contribution is 6.70. The second-order valence-electron chi connectivity index (χ2n) is 6.09. The van der Waals surface area contributed by atoms with E-state index in [0.717, 1.165) is 5.57 Å². The fourth-order valence-electron chi connectivity index (χ4n) is 1.11. The van der Waals surface area contributed by atoms with E-state index in [0.29, 0.717) is 16.4 Å². The zero-order valence-electron chi connectivity index (χ0n) is 12.8. The Morgan fingerprint density at radius 3 is 1.94 bits per heavy atom. The van der Waals surface area contributed by atoms with Crippen molar-refractivity contribution >= 4 is 18.8 Å². The van der Waals surface area contributed by atoms with Crippen LogP contribution < -0.4 is 0 Å². The van der Waals surface area contributed by atoms with Gasteiger partial charge in [-0.2, -0.15) is 0 Å². The van der Waals surface area contributed by atoms with Gasteiger partial charge in [0.2, 0.25) is 8.32 Å². The van der Waals surface area contributed by atoms with Crippen molar-refractivity contribution in [3.8, 4) is 0 Å². The van der Waals surface area contributed by atoms with Gasteiger partial charge in [0, 0.05) is 5.57 Å². The monoisotopic (exact) mass is 276 g/mol. The first-order chi connectivity index (χ1) is 7.49. The normalized spacial score (nSPS) is 14.4. The molecule has 0 spiro atoms. The lowest BCUT2D eigenvalue weighted by atomic mass is 10.0. The first-order valence-electron chi connectivity index (χ1n) is 6.08. The molecular formula is C12H28O3Si2. The van der Waals surface area contributed by atoms with Crippen LogP contribution in [0, 0.1) is 0 Å². The maximum atomic E-state index is 6.02. The summed E-state index contributed by atoms with van der Waals surface area (Å²) >= 11 is 0. The van der Waals surface area contributed by atoms with Crippen LogP contribution in [0.15, 0.2) is 11.5 Å². The number of hydrogen-bond acceptors (Lipinski definition) is 3. The van der Waals surface area contributed by atoms with Crippen LogP contribution in [0.25, 0.3) is 0 Å². The summed E-state index contributed by atoms with van der Waals surface area (Å²) in [5, 5.41) is 0. The van der Waals surface area contributed by atoms with Crippen LogP contribution in [0.2, 0.25) is 19.6 Å². The van der Waals surface area contributed by atoms with Crippen LogP contribution in [0.1, 0.15) is 34.6 Å². The lowest BCUT2D eigenvalue weighted by Crippen LogP contribution is -2.40. The van der Waals surface area contributed by atoms with Gasteiger partial charge in [-0.15, -0.1) is 0 Å². The summed E-state index contributed by atoms with van der Waals surface area (Å²) in [6.07, 6.45) is 0.0637. The minimum atomic E-state index is -1.64. The minimum absolute atomic E-state index is 0.0637. The maximum Gasteiger partial charge on any atom is 0.264 e. The maximum absolute atomic E-state index is 6.02. The second-order valence-corrected chi connectivity index (χ2v) is 11.0. The number of rotatable bonds is 6. The van der Waals surface area contributed by atoms with Crippen molar-refractivity contribution in [1.29, 1.82) is 0 Å². The molecule has 1 unspecified atom stereocenters. The lowest BCUT2D eigenvalue weighted by molar-refractivity contribution is -0.0819. The Kier molecular flexibility index (Phi) is 5.97. The lowest BCUT2D eigenvalue weighted by Gasteiger charge is -2.35. The van der Waals surface area contributed by atoms with Crippen molar-refractivity contribution in [2.75, 3.05) is 0 Å². The van der Waals surface area contributed by atoms with Gasteiger partial charge in [0.05, 0.1) is 6.10 Å². The molecule has 0 aromatic rings. The predicted octanol–water partition coefficient (Wildman–Crippen LogP) is 2.57. The van der Waals surface area contributed by atoms with Gasteiger partial charge in [-0.3, -0.25) is 0 Å². The predicted molar refractivity (Wildman–Crippen MR) is 78.5 cm³/mol. The molecule has 0 bridgehead atoms. The van der Waals surface area contributed by atoms with Crippen LogP contribution in [-0.4, -0.2) is 30.5 Å². The van der Waals surface area contributed by atoms with Gasteiger partial charge >= 0.3 is 0 Å². The molecule has 0 aromatic heterocycles. The number of hydrogen-bond donors (Lipinski definition) is 0. The van der Waals surface area contributed by atoms with Crippen molar-refractivity contribution in [2.45, 2.75) is 66.0 Å². The van der Waals surface area contributed by atoms with E-state index in [2.05, 4.69) is 19.6 Å². The van der Waals surface area contributed by atoms with E-state index in [4.69, 9.17) is 13.6 Å². The second kappa shape index (κ2) is 6.06. The smallest absolute Gasteiger partial charge is 0.264 e. The summed E-state index contributed by atoms with van der Waals surface area (Å²) in [4.78, 5) is 0. The highest BCUT2D eigenvalue weighted by Gasteiger charge is 2.31. The fraction of sp³-hybridized carbons (Fsp3) is 0.833. The quantitative estimate of drug-likeness (QED) is 0.551. The molecule has 0 N–H and O–H groups in total. The van der Waals surface area contributed by atoms with Gasteiger partial charge < -0.3 is 13.6 Å². The fourth-order valence-corrected chi connectivity index (χ4v) is 2.48. The molecule has 0 rings (SSSR count). The topological polar surface area (TPSA) is 27.7 Å². The Morgan fingerprint density at radius 2 is 1.65 bits per heavy atom. The molecule has 0 saturated heterocycles. The molecule has 0 heterocycles. The van der Waals surface area contributed by atoms with Crippen LogP contribution in [0.4, 0.5) is 0 Å². The van der Waals surface area contributed by atoms with E-state index in [1.807, 2.05) is 34.6 Å². The Morgan fingerprint density at radius 1 is 1.18 bits per heavy atom. The molecule has 0 amide bonds. The summed E-state index contributed by atoms with van der Waals surface area (Å²) in [5.74, 6) is 0.666. The van der Waals surface area contributed by atoms with Crippen LogP contribution in [0.3, 0.4) is 0 Å². The van der Waals surface area contributed by atoms with E-state index in [-0.39, 0.29) is 11.7 Å². The molecule has 102 valence electrons. The third-order valence-electron chi connectivity index (χ3n) is 2.50. The summed E-state index contributed by atoms with van der Waals surface area (Å²) in [6, 6.07) is 0. The third-order valence-corrected chi connectivity index (χ3v) is 4.00. The van der Waals surface area contributed by atoms with Crippen molar-refractivity contribution in [1.82, 2.24) is 0 Å². The molecule has 0 saturated carbocycles. The molecular weight excluding hydrogens is 248 g/mol. The Bertz CT molecular complexity index is 276. The molecule has 17 heavy (non-hydrogen) atoms. The van der Waals surface area contributed by atoms with Crippen LogP contribution in [-0.2, 0) is 13.6 Å². The Balaban J connectivity index is 4.87. The molecule has 3 nitrogen and oxygen atoms in total. The van der Waals surface area contributed by atoms with E-state index < -0.39 is 8.32 Å². The van der Waals surface area contributed by atoms with Crippen molar-refractivity contribution in [3.05, 3.63) is 11.5 Å². The molecule has 0 radical (unpaired) electrons.